The molecular formula is C8H12O3. The van der Waals surface area contributed by atoms with Crippen LogP contribution in [0.15, 0.2) is 0 Å². The van der Waals surface area contributed by atoms with Crippen molar-refractivity contribution in [1.82, 2.24) is 0 Å². The van der Waals surface area contributed by atoms with Gasteiger partial charge < -0.3 is 9.47 Å². The summed E-state index contributed by atoms with van der Waals surface area (Å²) >= 11 is 0. The van der Waals surface area contributed by atoms with Gasteiger partial charge in [-0.3, -0.25) is 4.79 Å². The highest BCUT2D eigenvalue weighted by molar-refractivity contribution is 5.94. The van der Waals surface area contributed by atoms with Crippen molar-refractivity contribution in [3.63, 3.8) is 0 Å². The number of carbonyl (C=O) groups is 1. The van der Waals surface area contributed by atoms with Crippen molar-refractivity contribution in [3.8, 4) is 0 Å². The number of carbonyl (C=O) groups excluding carboxylic acids is 1. The molecule has 0 radical (unpaired) electrons. The van der Waals surface area contributed by atoms with Crippen LogP contribution in [0, 0.1) is 5.92 Å². The van der Waals surface area contributed by atoms with Gasteiger partial charge in [0.15, 0.2) is 5.78 Å². The van der Waals surface area contributed by atoms with Gasteiger partial charge in [-0.25, -0.2) is 0 Å². The SMILES string of the molecule is C[C@@H]1C(=O)[C@@H]2OCCO[C@]12C. The van der Waals surface area contributed by atoms with Crippen molar-refractivity contribution >= 4 is 5.78 Å². The average Bonchev–Trinajstić information content (AvgIpc) is 2.04. The standard InChI is InChI=1S/C8H12O3/c1-5-6(9)7-8(5,2)11-4-3-10-7/h5,7H,3-4H2,1-2H3/t5-,7+,8-/m1/s1. The largest absolute Gasteiger partial charge is 0.369 e. The van der Waals surface area contributed by atoms with Gasteiger partial charge in [-0.2, -0.15) is 0 Å². The van der Waals surface area contributed by atoms with Crippen molar-refractivity contribution in [2.45, 2.75) is 25.6 Å². The van der Waals surface area contributed by atoms with E-state index in [1.165, 1.54) is 0 Å². The minimum atomic E-state index is -0.324. The second-order valence-corrected chi connectivity index (χ2v) is 3.41. The lowest BCUT2D eigenvalue weighted by Crippen LogP contribution is -2.69. The third-order valence-electron chi connectivity index (χ3n) is 2.85. The van der Waals surface area contributed by atoms with Crippen LogP contribution in [0.2, 0.25) is 0 Å². The van der Waals surface area contributed by atoms with Gasteiger partial charge in [0.1, 0.15) is 11.7 Å². The van der Waals surface area contributed by atoms with E-state index in [1.54, 1.807) is 0 Å². The zero-order chi connectivity index (χ0) is 8.06. The number of Topliss-reactive ketones (excluding diaryl/α,β-unsaturated/α-hetero) is 1. The number of hydrogen-bond donors (Lipinski definition) is 0. The summed E-state index contributed by atoms with van der Waals surface area (Å²) in [5.41, 5.74) is -0.324. The van der Waals surface area contributed by atoms with Crippen LogP contribution in [-0.2, 0) is 14.3 Å². The average molecular weight is 156 g/mol. The number of ether oxygens (including phenoxy) is 2. The molecule has 1 saturated heterocycles. The summed E-state index contributed by atoms with van der Waals surface area (Å²) in [6.07, 6.45) is -0.286. The van der Waals surface area contributed by atoms with Crippen LogP contribution >= 0.6 is 0 Å². The molecule has 0 spiro atoms. The molecular weight excluding hydrogens is 144 g/mol. The van der Waals surface area contributed by atoms with Crippen molar-refractivity contribution in [2.75, 3.05) is 13.2 Å². The van der Waals surface area contributed by atoms with E-state index in [-0.39, 0.29) is 23.4 Å². The minimum Gasteiger partial charge on any atom is -0.369 e. The Morgan fingerprint density at radius 2 is 2.27 bits per heavy atom. The van der Waals surface area contributed by atoms with Gasteiger partial charge in [-0.1, -0.05) is 6.92 Å². The molecule has 0 unspecified atom stereocenters. The third kappa shape index (κ3) is 0.726. The molecule has 3 nitrogen and oxygen atoms in total. The lowest BCUT2D eigenvalue weighted by atomic mass is 9.67. The molecule has 2 fully saturated rings. The molecule has 1 aliphatic carbocycles. The smallest absolute Gasteiger partial charge is 0.170 e. The van der Waals surface area contributed by atoms with Crippen LogP contribution in [0.4, 0.5) is 0 Å². The fourth-order valence-corrected chi connectivity index (χ4v) is 1.80. The van der Waals surface area contributed by atoms with E-state index in [9.17, 15) is 4.79 Å². The molecule has 0 aromatic rings. The summed E-state index contributed by atoms with van der Waals surface area (Å²) in [4.78, 5) is 11.2. The zero-order valence-corrected chi connectivity index (χ0v) is 6.79. The molecule has 0 aromatic heterocycles. The van der Waals surface area contributed by atoms with Gasteiger partial charge in [0.2, 0.25) is 0 Å². The predicted molar refractivity (Wildman–Crippen MR) is 38.3 cm³/mol. The van der Waals surface area contributed by atoms with E-state index in [2.05, 4.69) is 0 Å². The Bertz CT molecular complexity index is 202. The second kappa shape index (κ2) is 2.05. The molecule has 0 N–H and O–H groups in total. The third-order valence-corrected chi connectivity index (χ3v) is 2.85. The van der Waals surface area contributed by atoms with Crippen LogP contribution in [0.5, 0.6) is 0 Å². The second-order valence-electron chi connectivity index (χ2n) is 3.41. The fourth-order valence-electron chi connectivity index (χ4n) is 1.80. The molecule has 1 saturated carbocycles. The molecule has 0 bridgehead atoms. The molecule has 3 heteroatoms. The molecule has 0 aromatic carbocycles. The number of fused-ring (bicyclic) bond motifs is 1. The quantitative estimate of drug-likeness (QED) is 0.508. The maximum atomic E-state index is 11.2. The molecule has 3 atom stereocenters. The fraction of sp³-hybridized carbons (Fsp3) is 0.875. The van der Waals surface area contributed by atoms with E-state index in [4.69, 9.17) is 9.47 Å². The molecule has 2 aliphatic rings. The molecule has 1 aliphatic heterocycles. The highest BCUT2D eigenvalue weighted by Crippen LogP contribution is 2.42. The molecule has 2 rings (SSSR count). The lowest BCUT2D eigenvalue weighted by Gasteiger charge is -2.52. The zero-order valence-electron chi connectivity index (χ0n) is 6.79. The van der Waals surface area contributed by atoms with E-state index in [1.807, 2.05) is 13.8 Å². The molecule has 1 heterocycles. The topological polar surface area (TPSA) is 35.5 Å². The van der Waals surface area contributed by atoms with Gasteiger partial charge in [-0.15, -0.1) is 0 Å². The Morgan fingerprint density at radius 1 is 1.55 bits per heavy atom. The first-order valence-electron chi connectivity index (χ1n) is 3.95. The van der Waals surface area contributed by atoms with Gasteiger partial charge in [0, 0.05) is 5.92 Å². The Balaban J connectivity index is 2.19. The van der Waals surface area contributed by atoms with Crippen molar-refractivity contribution in [3.05, 3.63) is 0 Å². The van der Waals surface area contributed by atoms with Crippen LogP contribution in [-0.4, -0.2) is 30.7 Å². The number of ketones is 1. The van der Waals surface area contributed by atoms with E-state index in [0.717, 1.165) is 0 Å². The van der Waals surface area contributed by atoms with Crippen LogP contribution in [0.1, 0.15) is 13.8 Å². The van der Waals surface area contributed by atoms with Gasteiger partial charge in [0.25, 0.3) is 0 Å². The first kappa shape index (κ1) is 7.25. The van der Waals surface area contributed by atoms with Crippen molar-refractivity contribution in [2.24, 2.45) is 5.92 Å². The maximum absolute atomic E-state index is 11.2. The molecule has 11 heavy (non-hydrogen) atoms. The van der Waals surface area contributed by atoms with Crippen LogP contribution in [0.3, 0.4) is 0 Å². The van der Waals surface area contributed by atoms with Gasteiger partial charge in [0.05, 0.1) is 13.2 Å². The Labute approximate surface area is 65.7 Å². The van der Waals surface area contributed by atoms with Gasteiger partial charge >= 0.3 is 0 Å². The highest BCUT2D eigenvalue weighted by Gasteiger charge is 2.60. The number of rotatable bonds is 0. The first-order valence-corrected chi connectivity index (χ1v) is 3.95. The van der Waals surface area contributed by atoms with E-state index < -0.39 is 0 Å². The predicted octanol–water partition coefficient (Wildman–Crippen LogP) is 0.379. The van der Waals surface area contributed by atoms with Crippen molar-refractivity contribution in [1.29, 1.82) is 0 Å². The minimum absolute atomic E-state index is 0.00722. The Hall–Kier alpha value is -0.410. The summed E-state index contributed by atoms with van der Waals surface area (Å²) in [5.74, 6) is 0.194. The van der Waals surface area contributed by atoms with E-state index >= 15 is 0 Å². The highest BCUT2D eigenvalue weighted by atomic mass is 16.6. The van der Waals surface area contributed by atoms with Gasteiger partial charge in [-0.05, 0) is 6.92 Å². The first-order chi connectivity index (χ1) is 5.16. The van der Waals surface area contributed by atoms with Crippen LogP contribution in [0.25, 0.3) is 0 Å². The van der Waals surface area contributed by atoms with Crippen molar-refractivity contribution < 1.29 is 14.3 Å². The molecule has 62 valence electrons. The number of hydrogen-bond acceptors (Lipinski definition) is 3. The molecule has 0 amide bonds. The Morgan fingerprint density at radius 3 is 2.91 bits per heavy atom. The Kier molecular flexibility index (Phi) is 1.35. The summed E-state index contributed by atoms with van der Waals surface area (Å²) in [5, 5.41) is 0. The lowest BCUT2D eigenvalue weighted by molar-refractivity contribution is -0.249. The summed E-state index contributed by atoms with van der Waals surface area (Å²) < 4.78 is 10.8. The summed E-state index contributed by atoms with van der Waals surface area (Å²) in [7, 11) is 0. The summed E-state index contributed by atoms with van der Waals surface area (Å²) in [6.45, 7) is 5.01. The monoisotopic (exact) mass is 156 g/mol. The normalized spacial score (nSPS) is 49.8. The van der Waals surface area contributed by atoms with Crippen LogP contribution < -0.4 is 0 Å². The summed E-state index contributed by atoms with van der Waals surface area (Å²) in [6, 6.07) is 0. The van der Waals surface area contributed by atoms with E-state index in [0.29, 0.717) is 13.2 Å². The maximum Gasteiger partial charge on any atom is 0.170 e.